The number of nitrogens with zero attached hydrogens (tertiary/aromatic N) is 6. The van der Waals surface area contributed by atoms with Gasteiger partial charge in [-0.25, -0.2) is 4.79 Å². The molecule has 2 N–H and O–H groups in total. The molecule has 1 aliphatic rings. The number of carbonyl (C=O) groups excluding carboxylic acids is 1. The Morgan fingerprint density at radius 1 is 1.23 bits per heavy atom. The summed E-state index contributed by atoms with van der Waals surface area (Å²) in [6, 6.07) is 2.75. The Kier molecular flexibility index (Phi) is 8.30. The van der Waals surface area contributed by atoms with E-state index in [-0.39, 0.29) is 27.8 Å². The van der Waals surface area contributed by atoms with Gasteiger partial charge in [0.1, 0.15) is 17.5 Å². The van der Waals surface area contributed by atoms with E-state index in [9.17, 15) is 27.9 Å². The zero-order valence-electron chi connectivity index (χ0n) is 22.1. The fourth-order valence-electron chi connectivity index (χ4n) is 4.35. The van der Waals surface area contributed by atoms with Gasteiger partial charge in [0.15, 0.2) is 0 Å². The molecule has 1 fully saturated rings. The van der Waals surface area contributed by atoms with Gasteiger partial charge >= 0.3 is 12.3 Å². The smallest absolute Gasteiger partial charge is 0.416 e. The number of ether oxygens (including phenoxy) is 1. The van der Waals surface area contributed by atoms with Crippen LogP contribution in [-0.4, -0.2) is 73.3 Å². The van der Waals surface area contributed by atoms with Crippen molar-refractivity contribution < 1.29 is 27.8 Å². The lowest BCUT2D eigenvalue weighted by molar-refractivity contribution is -0.137. The van der Waals surface area contributed by atoms with Gasteiger partial charge in [0, 0.05) is 31.9 Å². The average Bonchev–Trinajstić information content (AvgIpc) is 3.23. The van der Waals surface area contributed by atoms with Crippen LogP contribution < -0.4 is 15.8 Å². The lowest BCUT2D eigenvalue weighted by Gasteiger charge is -2.37. The molecule has 1 atom stereocenters. The van der Waals surface area contributed by atoms with Crippen molar-refractivity contribution in [3.8, 4) is 0 Å². The van der Waals surface area contributed by atoms with Gasteiger partial charge in [-0.3, -0.25) is 4.79 Å². The van der Waals surface area contributed by atoms with Crippen molar-refractivity contribution in [2.75, 3.05) is 36.4 Å². The van der Waals surface area contributed by atoms with E-state index in [0.717, 1.165) is 22.7 Å². The molecule has 1 aromatic carbocycles. The van der Waals surface area contributed by atoms with Crippen LogP contribution in [0.1, 0.15) is 32.0 Å². The Bertz CT molecular complexity index is 1480. The highest BCUT2D eigenvalue weighted by molar-refractivity contribution is 9.10. The van der Waals surface area contributed by atoms with E-state index in [0.29, 0.717) is 37.6 Å². The van der Waals surface area contributed by atoms with Gasteiger partial charge in [0.05, 0.1) is 22.8 Å². The fraction of sp³-hybridized carbons (Fsp3) is 0.500. The van der Waals surface area contributed by atoms with E-state index in [4.69, 9.17) is 16.3 Å². The molecule has 0 aliphatic carbocycles. The molecule has 4 rings (SSSR count). The second-order valence-electron chi connectivity index (χ2n) is 10.2. The Morgan fingerprint density at radius 3 is 2.45 bits per heavy atom. The van der Waals surface area contributed by atoms with Crippen LogP contribution in [0, 0.1) is 6.92 Å². The molecule has 0 bridgehead atoms. The number of aromatic nitrogens is 4. The molecular formula is C24H28BrClF3N7O4. The molecule has 1 unspecified atom stereocenters. The number of carbonyl (C=O) groups is 1. The first kappa shape index (κ1) is 29.9. The van der Waals surface area contributed by atoms with Crippen molar-refractivity contribution in [3.05, 3.63) is 49.6 Å². The number of aliphatic hydroxyl groups excluding tert-OH is 1. The number of piperazine rings is 1. The van der Waals surface area contributed by atoms with Crippen molar-refractivity contribution in [1.29, 1.82) is 0 Å². The Balaban J connectivity index is 1.60. The molecule has 3 heterocycles. The molecule has 2 aromatic heterocycles. The molecule has 0 saturated carbocycles. The van der Waals surface area contributed by atoms with Crippen LogP contribution in [0.3, 0.4) is 0 Å². The maximum absolute atomic E-state index is 13.4. The predicted octanol–water partition coefficient (Wildman–Crippen LogP) is 4.12. The maximum atomic E-state index is 13.4. The zero-order chi connectivity index (χ0) is 29.6. The first-order chi connectivity index (χ1) is 18.5. The van der Waals surface area contributed by atoms with Crippen LogP contribution in [0.15, 0.2) is 27.7 Å². The van der Waals surface area contributed by atoms with E-state index in [1.165, 1.54) is 0 Å². The van der Waals surface area contributed by atoms with E-state index in [1.807, 2.05) is 4.90 Å². The molecule has 1 aliphatic heterocycles. The van der Waals surface area contributed by atoms with Crippen molar-refractivity contribution in [1.82, 2.24) is 24.1 Å². The minimum atomic E-state index is -4.56. The number of fused-ring (bicyclic) bond motifs is 1. The molecule has 3 aromatic rings. The Morgan fingerprint density at radius 2 is 1.88 bits per heavy atom. The highest BCUT2D eigenvalue weighted by Crippen LogP contribution is 2.34. The fourth-order valence-corrected chi connectivity index (χ4v) is 4.90. The van der Waals surface area contributed by atoms with Gasteiger partial charge in [-0.15, -0.1) is 5.10 Å². The first-order valence-electron chi connectivity index (χ1n) is 12.2. The summed E-state index contributed by atoms with van der Waals surface area (Å²) in [7, 11) is 0. The zero-order valence-corrected chi connectivity index (χ0v) is 24.4. The van der Waals surface area contributed by atoms with E-state index in [2.05, 4.69) is 31.3 Å². The van der Waals surface area contributed by atoms with E-state index >= 15 is 0 Å². The van der Waals surface area contributed by atoms with Crippen LogP contribution in [0.2, 0.25) is 5.02 Å². The van der Waals surface area contributed by atoms with Crippen molar-refractivity contribution in [2.24, 2.45) is 0 Å². The molecule has 11 nitrogen and oxygen atoms in total. The van der Waals surface area contributed by atoms with Crippen LogP contribution >= 0.6 is 27.5 Å². The molecular weight excluding hydrogens is 623 g/mol. The number of amides is 1. The third-order valence-corrected chi connectivity index (χ3v) is 6.82. The Hall–Kier alpha value is -3.04. The van der Waals surface area contributed by atoms with Gasteiger partial charge in [0.25, 0.3) is 5.56 Å². The molecule has 218 valence electrons. The summed E-state index contributed by atoms with van der Waals surface area (Å²) in [5.41, 5.74) is -1.10. The van der Waals surface area contributed by atoms with Gasteiger partial charge in [0.2, 0.25) is 10.5 Å². The first-order valence-corrected chi connectivity index (χ1v) is 13.4. The van der Waals surface area contributed by atoms with E-state index < -0.39 is 35.2 Å². The summed E-state index contributed by atoms with van der Waals surface area (Å²) in [5.74, 6) is 0.143. The molecule has 40 heavy (non-hydrogen) atoms. The van der Waals surface area contributed by atoms with Crippen LogP contribution in [-0.2, 0) is 17.5 Å². The van der Waals surface area contributed by atoms with Gasteiger partial charge < -0.3 is 29.5 Å². The second kappa shape index (κ2) is 11.1. The highest BCUT2D eigenvalue weighted by atomic mass is 79.9. The number of alkyl halides is 3. The number of rotatable bonds is 5. The van der Waals surface area contributed by atoms with Gasteiger partial charge in [-0.1, -0.05) is 11.6 Å². The quantitative estimate of drug-likeness (QED) is 0.397. The van der Waals surface area contributed by atoms with Crippen LogP contribution in [0.25, 0.3) is 5.78 Å². The number of benzene rings is 1. The number of aliphatic hydroxyl groups is 1. The number of halogens is 5. The molecule has 16 heteroatoms. The standard InChI is InChI=1S/C24H28BrClF3N7O4/c1-13-18(33-7-9-34(10-8-33)22(39)40-23(2,3)4)19(38)36-21(31-20(25)32-36)35(13)12-17(37)30-16-6-5-14(11-15(16)26)24(27,28)29/h5-6,11,17,30,37H,7-10,12H2,1-4H3. The third kappa shape index (κ3) is 6.47. The SMILES string of the molecule is Cc1c(N2CCN(C(=O)OC(C)(C)C)CC2)c(=O)n2nc(Br)nc2n1CC(O)Nc1ccc(C(F)(F)F)cc1Cl. The summed E-state index contributed by atoms with van der Waals surface area (Å²) in [6.45, 7) is 8.23. The second-order valence-corrected chi connectivity index (χ2v) is 11.4. The van der Waals surface area contributed by atoms with Crippen molar-refractivity contribution in [2.45, 2.75) is 52.2 Å². The minimum Gasteiger partial charge on any atom is -0.444 e. The number of hydrogen-bond donors (Lipinski definition) is 2. The lowest BCUT2D eigenvalue weighted by Crippen LogP contribution is -2.51. The largest absolute Gasteiger partial charge is 0.444 e. The monoisotopic (exact) mass is 649 g/mol. The van der Waals surface area contributed by atoms with E-state index in [1.54, 1.807) is 37.2 Å². The number of anilines is 2. The van der Waals surface area contributed by atoms with Gasteiger partial charge in [-0.2, -0.15) is 22.7 Å². The summed E-state index contributed by atoms with van der Waals surface area (Å²) in [4.78, 5) is 33.6. The lowest BCUT2D eigenvalue weighted by atomic mass is 10.2. The predicted molar refractivity (Wildman–Crippen MR) is 146 cm³/mol. The van der Waals surface area contributed by atoms with Crippen LogP contribution in [0.5, 0.6) is 0 Å². The highest BCUT2D eigenvalue weighted by Gasteiger charge is 2.32. The Labute approximate surface area is 240 Å². The summed E-state index contributed by atoms with van der Waals surface area (Å²) in [6.07, 6.45) is -6.32. The van der Waals surface area contributed by atoms with Gasteiger partial charge in [-0.05, 0) is 61.8 Å². The summed E-state index contributed by atoms with van der Waals surface area (Å²) >= 11 is 9.21. The topological polar surface area (TPSA) is 117 Å². The third-order valence-electron chi connectivity index (χ3n) is 6.17. The summed E-state index contributed by atoms with van der Waals surface area (Å²) < 4.78 is 47.2. The number of nitrogens with one attached hydrogen (secondary N) is 1. The normalized spacial score (nSPS) is 15.4. The maximum Gasteiger partial charge on any atom is 0.416 e. The molecule has 1 saturated heterocycles. The van der Waals surface area contributed by atoms with Crippen LogP contribution in [0.4, 0.5) is 29.3 Å². The minimum absolute atomic E-state index is 0.0954. The summed E-state index contributed by atoms with van der Waals surface area (Å²) in [5, 5.41) is 17.5. The average molecular weight is 651 g/mol. The molecule has 0 radical (unpaired) electrons. The molecule has 0 spiro atoms. The molecule has 1 amide bonds. The number of hydrogen-bond acceptors (Lipinski definition) is 8. The van der Waals surface area contributed by atoms with Crippen molar-refractivity contribution in [3.63, 3.8) is 0 Å². The van der Waals surface area contributed by atoms with Crippen molar-refractivity contribution >= 4 is 50.8 Å².